The molecule has 1 fully saturated rings. The summed E-state index contributed by atoms with van der Waals surface area (Å²) in [4.78, 5) is 27.3. The molecule has 196 valence electrons. The van der Waals surface area contributed by atoms with Crippen LogP contribution in [0, 0.1) is 21.0 Å². The molecule has 9 nitrogen and oxygen atoms in total. The number of anilines is 2. The van der Waals surface area contributed by atoms with Crippen LogP contribution in [0.1, 0.15) is 15.9 Å². The van der Waals surface area contributed by atoms with Gasteiger partial charge in [-0.05, 0) is 53.9 Å². The van der Waals surface area contributed by atoms with Crippen molar-refractivity contribution in [2.75, 3.05) is 64.9 Å². The Hall–Kier alpha value is -2.46. The Morgan fingerprint density at radius 2 is 1.92 bits per heavy atom. The molecule has 0 spiro atoms. The van der Waals surface area contributed by atoms with Crippen LogP contribution >= 0.6 is 22.6 Å². The summed E-state index contributed by atoms with van der Waals surface area (Å²) in [6.07, 6.45) is 0.869. The van der Waals surface area contributed by atoms with Crippen LogP contribution in [0.25, 0.3) is 0 Å². The number of hydrogen-bond donors (Lipinski definition) is 3. The number of nitrogens with one attached hydrogen (secondary N) is 2. The Kier molecular flexibility index (Phi) is 10.7. The van der Waals surface area contributed by atoms with Gasteiger partial charge in [-0.15, -0.1) is 0 Å². The number of piperazine rings is 1. The van der Waals surface area contributed by atoms with E-state index in [4.69, 9.17) is 14.8 Å². The maximum absolute atomic E-state index is 15.1. The van der Waals surface area contributed by atoms with Crippen molar-refractivity contribution >= 4 is 46.1 Å². The van der Waals surface area contributed by atoms with E-state index in [0.717, 1.165) is 38.5 Å². The van der Waals surface area contributed by atoms with Crippen LogP contribution in [0.2, 0.25) is 0 Å². The van der Waals surface area contributed by atoms with Crippen molar-refractivity contribution in [1.29, 1.82) is 0 Å². The third-order valence-electron chi connectivity index (χ3n) is 5.39. The van der Waals surface area contributed by atoms with Crippen LogP contribution in [-0.4, -0.2) is 86.6 Å². The van der Waals surface area contributed by atoms with Gasteiger partial charge >= 0.3 is 0 Å². The SMILES string of the molecule is CN1CCN(CCONC(=O)c2cc(C=NOCCO)c(F)c(F)c2Nc2ccc(I)cc2F)CC1. The van der Waals surface area contributed by atoms with E-state index in [2.05, 4.69) is 25.8 Å². The summed E-state index contributed by atoms with van der Waals surface area (Å²) in [5.41, 5.74) is 0.798. The molecule has 1 aliphatic rings. The van der Waals surface area contributed by atoms with Gasteiger partial charge in [0, 0.05) is 41.9 Å². The van der Waals surface area contributed by atoms with Crippen LogP contribution in [0.4, 0.5) is 24.5 Å². The molecule has 1 heterocycles. The highest BCUT2D eigenvalue weighted by molar-refractivity contribution is 14.1. The summed E-state index contributed by atoms with van der Waals surface area (Å²) < 4.78 is 44.8. The fourth-order valence-corrected chi connectivity index (χ4v) is 3.83. The van der Waals surface area contributed by atoms with Gasteiger partial charge in [0.2, 0.25) is 0 Å². The van der Waals surface area contributed by atoms with Crippen molar-refractivity contribution in [3.8, 4) is 0 Å². The number of rotatable bonds is 11. The predicted octanol–water partition coefficient (Wildman–Crippen LogP) is 2.70. The second kappa shape index (κ2) is 13.7. The van der Waals surface area contributed by atoms with E-state index >= 15 is 4.39 Å². The van der Waals surface area contributed by atoms with Crippen molar-refractivity contribution in [1.82, 2.24) is 15.3 Å². The number of hydrogen-bond acceptors (Lipinski definition) is 8. The molecule has 0 aromatic heterocycles. The largest absolute Gasteiger partial charge is 0.393 e. The third-order valence-corrected chi connectivity index (χ3v) is 6.06. The van der Waals surface area contributed by atoms with Crippen molar-refractivity contribution < 1.29 is 32.7 Å². The van der Waals surface area contributed by atoms with Gasteiger partial charge in [0.1, 0.15) is 12.4 Å². The monoisotopic (exact) mass is 621 g/mol. The normalized spacial score (nSPS) is 14.8. The van der Waals surface area contributed by atoms with Gasteiger partial charge in [0.15, 0.2) is 11.6 Å². The molecule has 3 rings (SSSR count). The summed E-state index contributed by atoms with van der Waals surface area (Å²) >= 11 is 1.91. The van der Waals surface area contributed by atoms with Crippen molar-refractivity contribution in [3.05, 3.63) is 56.4 Å². The number of aliphatic hydroxyl groups is 1. The van der Waals surface area contributed by atoms with E-state index in [9.17, 15) is 13.6 Å². The minimum Gasteiger partial charge on any atom is -0.393 e. The Labute approximate surface area is 220 Å². The minimum absolute atomic E-state index is 0.147. The van der Waals surface area contributed by atoms with Crippen LogP contribution in [0.15, 0.2) is 29.4 Å². The van der Waals surface area contributed by atoms with Gasteiger partial charge in [-0.1, -0.05) is 5.16 Å². The van der Waals surface area contributed by atoms with Gasteiger partial charge in [-0.3, -0.25) is 14.5 Å². The smallest absolute Gasteiger partial charge is 0.277 e. The zero-order chi connectivity index (χ0) is 26.1. The van der Waals surface area contributed by atoms with Crippen LogP contribution < -0.4 is 10.8 Å². The Morgan fingerprint density at radius 3 is 2.61 bits per heavy atom. The number of carbonyl (C=O) groups excluding carboxylic acids is 1. The lowest BCUT2D eigenvalue weighted by atomic mass is 10.1. The molecule has 0 bridgehead atoms. The molecular weight excluding hydrogens is 594 g/mol. The molecule has 1 aliphatic heterocycles. The molecule has 1 saturated heterocycles. The molecule has 0 radical (unpaired) electrons. The fraction of sp³-hybridized carbons (Fsp3) is 0.391. The van der Waals surface area contributed by atoms with Crippen LogP contribution in [0.3, 0.4) is 0 Å². The molecular formula is C23H27F3IN5O4. The first-order valence-corrected chi connectivity index (χ1v) is 12.2. The number of aliphatic hydroxyl groups excluding tert-OH is 1. The van der Waals surface area contributed by atoms with Gasteiger partial charge in [-0.25, -0.2) is 18.7 Å². The van der Waals surface area contributed by atoms with Crippen LogP contribution in [-0.2, 0) is 9.68 Å². The third kappa shape index (κ3) is 7.77. The van der Waals surface area contributed by atoms with E-state index in [-0.39, 0.29) is 36.6 Å². The minimum atomic E-state index is -1.42. The maximum Gasteiger partial charge on any atom is 0.277 e. The number of benzene rings is 2. The quantitative estimate of drug-likeness (QED) is 0.154. The Balaban J connectivity index is 1.79. The number of oxime groups is 1. The van der Waals surface area contributed by atoms with Gasteiger partial charge in [0.05, 0.1) is 36.4 Å². The Bertz CT molecular complexity index is 1080. The van der Waals surface area contributed by atoms with E-state index < -0.39 is 29.0 Å². The molecule has 1 amide bonds. The molecule has 0 atom stereocenters. The molecule has 2 aromatic carbocycles. The number of amides is 1. The number of likely N-dealkylation sites (N-methyl/N-ethyl adjacent to an activating group) is 1. The lowest BCUT2D eigenvalue weighted by molar-refractivity contribution is 0.0177. The molecule has 0 unspecified atom stereocenters. The highest BCUT2D eigenvalue weighted by atomic mass is 127. The maximum atomic E-state index is 15.1. The van der Waals surface area contributed by atoms with Crippen molar-refractivity contribution in [2.45, 2.75) is 0 Å². The number of carbonyl (C=O) groups is 1. The number of halogens is 4. The Morgan fingerprint density at radius 1 is 1.17 bits per heavy atom. The van der Waals surface area contributed by atoms with E-state index in [1.807, 2.05) is 29.6 Å². The number of nitrogens with zero attached hydrogens (tertiary/aromatic N) is 3. The first-order chi connectivity index (χ1) is 17.3. The predicted molar refractivity (Wildman–Crippen MR) is 137 cm³/mol. The summed E-state index contributed by atoms with van der Waals surface area (Å²) in [7, 11) is 2.04. The van der Waals surface area contributed by atoms with Gasteiger partial charge in [-0.2, -0.15) is 0 Å². The van der Waals surface area contributed by atoms with Crippen molar-refractivity contribution in [3.63, 3.8) is 0 Å². The summed E-state index contributed by atoms with van der Waals surface area (Å²) in [5.74, 6) is -4.32. The molecule has 0 aliphatic carbocycles. The molecule has 13 heteroatoms. The van der Waals surface area contributed by atoms with E-state index in [1.54, 1.807) is 6.07 Å². The zero-order valence-electron chi connectivity index (χ0n) is 19.6. The first kappa shape index (κ1) is 28.1. The molecule has 36 heavy (non-hydrogen) atoms. The second-order valence-corrected chi connectivity index (χ2v) is 9.23. The van der Waals surface area contributed by atoms with E-state index in [0.29, 0.717) is 10.1 Å². The lowest BCUT2D eigenvalue weighted by Crippen LogP contribution is -2.45. The average Bonchev–Trinajstić information content (AvgIpc) is 2.86. The summed E-state index contributed by atoms with van der Waals surface area (Å²) in [6, 6.07) is 5.16. The fourth-order valence-electron chi connectivity index (χ4n) is 3.37. The first-order valence-electron chi connectivity index (χ1n) is 11.1. The number of hydroxylamine groups is 1. The van der Waals surface area contributed by atoms with Crippen LogP contribution in [0.5, 0.6) is 0 Å². The topological polar surface area (TPSA) is 98.7 Å². The van der Waals surface area contributed by atoms with E-state index in [1.165, 1.54) is 12.1 Å². The van der Waals surface area contributed by atoms with Gasteiger partial charge < -0.3 is 20.2 Å². The standard InChI is InChI=1S/C23H27F3IN5O4/c1-31-4-6-32(7-5-31)8-10-36-30-23(34)17-12-15(14-28-35-11-9-33)20(25)21(26)22(17)29-19-3-2-16(27)13-18(19)24/h2-3,12-14,29,33H,4-11H2,1H3,(H,30,34). The highest BCUT2D eigenvalue weighted by Gasteiger charge is 2.24. The molecule has 3 N–H and O–H groups in total. The van der Waals surface area contributed by atoms with Gasteiger partial charge in [0.25, 0.3) is 5.91 Å². The molecule has 2 aromatic rings. The summed E-state index contributed by atoms with van der Waals surface area (Å²) in [6.45, 7) is 3.87. The second-order valence-electron chi connectivity index (χ2n) is 7.98. The highest BCUT2D eigenvalue weighted by Crippen LogP contribution is 2.30. The average molecular weight is 621 g/mol. The zero-order valence-corrected chi connectivity index (χ0v) is 21.7. The molecule has 0 saturated carbocycles. The summed E-state index contributed by atoms with van der Waals surface area (Å²) in [5, 5.41) is 14.7. The van der Waals surface area contributed by atoms with Crippen molar-refractivity contribution in [2.24, 2.45) is 5.16 Å². The lowest BCUT2D eigenvalue weighted by Gasteiger charge is -2.32.